The zero-order valence-electron chi connectivity index (χ0n) is 18.0. The predicted molar refractivity (Wildman–Crippen MR) is 129 cm³/mol. The van der Waals surface area contributed by atoms with E-state index in [-0.39, 0.29) is 0 Å². The quantitative estimate of drug-likeness (QED) is 0.250. The minimum atomic E-state index is -0.743. The van der Waals surface area contributed by atoms with Crippen LogP contribution in [0.3, 0.4) is 0 Å². The molecule has 0 aliphatic rings. The maximum absolute atomic E-state index is 13.7. The van der Waals surface area contributed by atoms with Crippen LogP contribution in [0.4, 0.5) is 8.78 Å². The van der Waals surface area contributed by atoms with Gasteiger partial charge in [-0.1, -0.05) is 97.4 Å². The lowest BCUT2D eigenvalue weighted by Gasteiger charge is -2.12. The highest BCUT2D eigenvalue weighted by atomic mass is 35.5. The SMILES string of the molecule is C[C@H](Cc1ccc(CCc2ccc(-c3cc(F)c(Cl)c(F)c3)cc2)cc1)c1ccccc1. The Hall–Kier alpha value is -2.97. The molecule has 0 fully saturated rings. The molecule has 1 atom stereocenters. The summed E-state index contributed by atoms with van der Waals surface area (Å²) in [5.74, 6) is -0.997. The molecular weight excluding hydrogens is 422 g/mol. The number of hydrogen-bond acceptors (Lipinski definition) is 0. The standard InChI is InChI=1S/C29H25ClF2/c1-20(24-5-3-2-4-6-24)17-23-11-9-21(10-12-23)7-8-22-13-15-25(16-14-22)26-18-27(31)29(30)28(32)19-26/h2-6,9-16,18-20H,7-8,17H2,1H3/t20-/m1/s1. The second-order valence-electron chi connectivity index (χ2n) is 8.28. The zero-order valence-corrected chi connectivity index (χ0v) is 18.7. The van der Waals surface area contributed by atoms with Gasteiger partial charge in [0.2, 0.25) is 0 Å². The van der Waals surface area contributed by atoms with E-state index in [0.717, 1.165) is 24.8 Å². The summed E-state index contributed by atoms with van der Waals surface area (Å²) >= 11 is 5.57. The lowest BCUT2D eigenvalue weighted by Crippen LogP contribution is -1.99. The van der Waals surface area contributed by atoms with Gasteiger partial charge in [-0.25, -0.2) is 8.78 Å². The number of halogens is 3. The van der Waals surface area contributed by atoms with Crippen molar-refractivity contribution in [2.24, 2.45) is 0 Å². The van der Waals surface area contributed by atoms with Crippen LogP contribution >= 0.6 is 11.6 Å². The van der Waals surface area contributed by atoms with E-state index >= 15 is 0 Å². The molecule has 0 aromatic heterocycles. The van der Waals surface area contributed by atoms with E-state index in [1.807, 2.05) is 24.3 Å². The van der Waals surface area contributed by atoms with Crippen molar-refractivity contribution in [2.45, 2.75) is 32.1 Å². The normalized spacial score (nSPS) is 12.0. The van der Waals surface area contributed by atoms with Gasteiger partial charge in [0.1, 0.15) is 16.7 Å². The Morgan fingerprint density at radius 2 is 1.16 bits per heavy atom. The Kier molecular flexibility index (Phi) is 7.02. The van der Waals surface area contributed by atoms with Crippen LogP contribution in [-0.4, -0.2) is 0 Å². The first-order valence-electron chi connectivity index (χ1n) is 10.9. The molecule has 0 nitrogen and oxygen atoms in total. The fraction of sp³-hybridized carbons (Fsp3) is 0.172. The number of rotatable bonds is 7. The number of hydrogen-bond donors (Lipinski definition) is 0. The number of benzene rings is 4. The Labute approximate surface area is 193 Å². The van der Waals surface area contributed by atoms with Crippen LogP contribution in [0.15, 0.2) is 91.0 Å². The van der Waals surface area contributed by atoms with Crippen molar-refractivity contribution in [3.05, 3.63) is 130 Å². The smallest absolute Gasteiger partial charge is 0.145 e. The minimum absolute atomic E-state index is 0.467. The van der Waals surface area contributed by atoms with Gasteiger partial charge >= 0.3 is 0 Å². The van der Waals surface area contributed by atoms with Crippen molar-refractivity contribution in [2.75, 3.05) is 0 Å². The third kappa shape index (κ3) is 5.44. The lowest BCUT2D eigenvalue weighted by atomic mass is 9.93. The van der Waals surface area contributed by atoms with Crippen LogP contribution in [0.1, 0.15) is 35.1 Å². The Bertz CT molecular complexity index is 1140. The van der Waals surface area contributed by atoms with Crippen LogP contribution in [0.2, 0.25) is 5.02 Å². The van der Waals surface area contributed by atoms with Gasteiger partial charge in [0.25, 0.3) is 0 Å². The molecule has 32 heavy (non-hydrogen) atoms. The summed E-state index contributed by atoms with van der Waals surface area (Å²) in [5.41, 5.74) is 6.44. The summed E-state index contributed by atoms with van der Waals surface area (Å²) < 4.78 is 27.5. The maximum atomic E-state index is 13.7. The molecule has 4 rings (SSSR count). The number of aryl methyl sites for hydroxylation is 2. The fourth-order valence-electron chi connectivity index (χ4n) is 3.97. The van der Waals surface area contributed by atoms with Crippen molar-refractivity contribution >= 4 is 11.6 Å². The van der Waals surface area contributed by atoms with E-state index in [2.05, 4.69) is 61.5 Å². The summed E-state index contributed by atoms with van der Waals surface area (Å²) in [6.45, 7) is 2.26. The molecule has 0 saturated heterocycles. The average molecular weight is 447 g/mol. The maximum Gasteiger partial charge on any atom is 0.145 e. The van der Waals surface area contributed by atoms with Gasteiger partial charge in [0, 0.05) is 0 Å². The first-order valence-corrected chi connectivity index (χ1v) is 11.2. The first-order chi connectivity index (χ1) is 15.5. The van der Waals surface area contributed by atoms with Crippen molar-refractivity contribution in [1.29, 1.82) is 0 Å². The lowest BCUT2D eigenvalue weighted by molar-refractivity contribution is 0.585. The van der Waals surface area contributed by atoms with E-state index in [4.69, 9.17) is 11.6 Å². The van der Waals surface area contributed by atoms with Crippen LogP contribution in [0.25, 0.3) is 11.1 Å². The summed E-state index contributed by atoms with van der Waals surface area (Å²) in [4.78, 5) is 0. The molecule has 0 aliphatic carbocycles. The largest absolute Gasteiger partial charge is 0.205 e. The van der Waals surface area contributed by atoms with Gasteiger partial charge in [-0.3, -0.25) is 0 Å². The summed E-state index contributed by atoms with van der Waals surface area (Å²) in [6.07, 6.45) is 2.87. The molecule has 0 unspecified atom stereocenters. The zero-order chi connectivity index (χ0) is 22.5. The molecule has 3 heteroatoms. The highest BCUT2D eigenvalue weighted by Crippen LogP contribution is 2.27. The molecule has 0 aliphatic heterocycles. The Morgan fingerprint density at radius 1 is 0.656 bits per heavy atom. The highest BCUT2D eigenvalue weighted by Gasteiger charge is 2.10. The van der Waals surface area contributed by atoms with E-state index in [1.165, 1.54) is 34.4 Å². The average Bonchev–Trinajstić information content (AvgIpc) is 2.82. The molecule has 0 heterocycles. The summed E-state index contributed by atoms with van der Waals surface area (Å²) in [6, 6.07) is 29.8. The van der Waals surface area contributed by atoms with Crippen molar-refractivity contribution in [1.82, 2.24) is 0 Å². The van der Waals surface area contributed by atoms with E-state index in [9.17, 15) is 8.78 Å². The molecule has 0 amide bonds. The van der Waals surface area contributed by atoms with Crippen molar-refractivity contribution in [3.63, 3.8) is 0 Å². The summed E-state index contributed by atoms with van der Waals surface area (Å²) in [7, 11) is 0. The third-order valence-corrected chi connectivity index (χ3v) is 6.27. The van der Waals surface area contributed by atoms with E-state index in [0.29, 0.717) is 11.5 Å². The van der Waals surface area contributed by atoms with Crippen molar-refractivity contribution < 1.29 is 8.78 Å². The van der Waals surface area contributed by atoms with Crippen LogP contribution in [0, 0.1) is 11.6 Å². The Morgan fingerprint density at radius 3 is 1.72 bits per heavy atom. The molecule has 4 aromatic carbocycles. The van der Waals surface area contributed by atoms with Gasteiger partial charge in [-0.05, 0) is 70.7 Å². The monoisotopic (exact) mass is 446 g/mol. The molecule has 0 bridgehead atoms. The van der Waals surface area contributed by atoms with E-state index in [1.54, 1.807) is 0 Å². The van der Waals surface area contributed by atoms with Gasteiger partial charge < -0.3 is 0 Å². The minimum Gasteiger partial charge on any atom is -0.205 e. The molecule has 0 saturated carbocycles. The van der Waals surface area contributed by atoms with E-state index < -0.39 is 16.7 Å². The molecule has 4 aromatic rings. The molecule has 0 spiro atoms. The second kappa shape index (κ2) is 10.1. The molecule has 0 N–H and O–H groups in total. The molecule has 0 radical (unpaired) electrons. The predicted octanol–water partition coefficient (Wildman–Crippen LogP) is 8.42. The third-order valence-electron chi connectivity index (χ3n) is 5.91. The van der Waals surface area contributed by atoms with Crippen LogP contribution in [-0.2, 0) is 19.3 Å². The molecule has 162 valence electrons. The van der Waals surface area contributed by atoms with Gasteiger partial charge in [-0.2, -0.15) is 0 Å². The molecular formula is C29H25ClF2. The highest BCUT2D eigenvalue weighted by molar-refractivity contribution is 6.31. The Balaban J connectivity index is 1.35. The fourth-order valence-corrected chi connectivity index (χ4v) is 4.08. The van der Waals surface area contributed by atoms with Crippen LogP contribution < -0.4 is 0 Å². The van der Waals surface area contributed by atoms with Gasteiger partial charge in [0.05, 0.1) is 0 Å². The first kappa shape index (κ1) is 22.2. The van der Waals surface area contributed by atoms with Gasteiger partial charge in [0.15, 0.2) is 0 Å². The summed E-state index contributed by atoms with van der Waals surface area (Å²) in [5, 5.41) is -0.467. The van der Waals surface area contributed by atoms with Crippen LogP contribution in [0.5, 0.6) is 0 Å². The second-order valence-corrected chi connectivity index (χ2v) is 8.66. The van der Waals surface area contributed by atoms with Gasteiger partial charge in [-0.15, -0.1) is 0 Å². The topological polar surface area (TPSA) is 0 Å². The van der Waals surface area contributed by atoms with Crippen molar-refractivity contribution in [3.8, 4) is 11.1 Å².